The lowest BCUT2D eigenvalue weighted by Gasteiger charge is -2.21. The summed E-state index contributed by atoms with van der Waals surface area (Å²) in [5.41, 5.74) is 8.11. The van der Waals surface area contributed by atoms with Gasteiger partial charge < -0.3 is 4.98 Å². The van der Waals surface area contributed by atoms with Gasteiger partial charge >= 0.3 is 0 Å². The fourth-order valence-electron chi connectivity index (χ4n) is 3.85. The first kappa shape index (κ1) is 19.3. The van der Waals surface area contributed by atoms with Crippen LogP contribution in [0.3, 0.4) is 0 Å². The maximum atomic E-state index is 9.15. The number of H-pyrrole nitrogens is 1. The van der Waals surface area contributed by atoms with Crippen LogP contribution in [0.5, 0.6) is 0 Å². The van der Waals surface area contributed by atoms with Crippen molar-refractivity contribution < 1.29 is 0 Å². The van der Waals surface area contributed by atoms with E-state index in [1.807, 2.05) is 24.3 Å². The molecule has 2 heteroatoms. The third-order valence-electron chi connectivity index (χ3n) is 5.76. The lowest BCUT2D eigenvalue weighted by Crippen LogP contribution is -2.11. The summed E-state index contributed by atoms with van der Waals surface area (Å²) in [4.78, 5) is 3.67. The molecule has 0 aliphatic heterocycles. The van der Waals surface area contributed by atoms with Gasteiger partial charge in [-0.3, -0.25) is 0 Å². The maximum absolute atomic E-state index is 9.15. The molecule has 1 heterocycles. The molecule has 0 radical (unpaired) electrons. The van der Waals surface area contributed by atoms with Gasteiger partial charge in [0, 0.05) is 21.9 Å². The van der Waals surface area contributed by atoms with Crippen LogP contribution < -0.4 is 0 Å². The number of fused-ring (bicyclic) bond motifs is 3. The molecule has 4 rings (SSSR count). The average molecular weight is 381 g/mol. The lowest BCUT2D eigenvalue weighted by molar-refractivity contribution is 0.590. The summed E-state index contributed by atoms with van der Waals surface area (Å²) < 4.78 is 0. The molecule has 0 amide bonds. The van der Waals surface area contributed by atoms with Crippen molar-refractivity contribution in [3.05, 3.63) is 71.3 Å². The summed E-state index contributed by atoms with van der Waals surface area (Å²) in [6.45, 7) is 13.5. The molecule has 0 atom stereocenters. The highest BCUT2D eigenvalue weighted by atomic mass is 14.7. The fourth-order valence-corrected chi connectivity index (χ4v) is 3.85. The summed E-state index contributed by atoms with van der Waals surface area (Å²) in [7, 11) is 0. The molecule has 146 valence electrons. The Bertz CT molecular complexity index is 1250. The van der Waals surface area contributed by atoms with E-state index in [1.54, 1.807) is 0 Å². The Balaban J connectivity index is 2.07. The van der Waals surface area contributed by atoms with Crippen molar-refractivity contribution in [1.29, 1.82) is 5.26 Å². The first-order valence-electron chi connectivity index (χ1n) is 10.2. The van der Waals surface area contributed by atoms with E-state index < -0.39 is 0 Å². The number of aromatic nitrogens is 1. The van der Waals surface area contributed by atoms with Gasteiger partial charge in [-0.15, -0.1) is 0 Å². The van der Waals surface area contributed by atoms with Crippen molar-refractivity contribution in [3.8, 4) is 17.2 Å². The van der Waals surface area contributed by atoms with Crippen molar-refractivity contribution in [2.75, 3.05) is 0 Å². The SMILES string of the molecule is CC(C)(C)c1ccc2[nH]c3c(-c4ccc(C#N)cc4)cc(C(C)(C)C)cc3c2c1. The van der Waals surface area contributed by atoms with E-state index in [4.69, 9.17) is 5.26 Å². The molecule has 3 aromatic carbocycles. The number of nitrogens with zero attached hydrogens (tertiary/aromatic N) is 1. The van der Waals surface area contributed by atoms with Gasteiger partial charge in [-0.25, -0.2) is 0 Å². The second-order valence-corrected chi connectivity index (χ2v) is 10.0. The van der Waals surface area contributed by atoms with Crippen LogP contribution in [0.1, 0.15) is 58.2 Å². The highest BCUT2D eigenvalue weighted by molar-refractivity contribution is 6.12. The van der Waals surface area contributed by atoms with Crippen molar-refractivity contribution in [2.24, 2.45) is 0 Å². The zero-order valence-corrected chi connectivity index (χ0v) is 18.1. The van der Waals surface area contributed by atoms with E-state index in [2.05, 4.69) is 82.9 Å². The molecule has 0 aliphatic carbocycles. The molecule has 4 aromatic rings. The molecule has 0 saturated heterocycles. The Morgan fingerprint density at radius 2 is 1.34 bits per heavy atom. The predicted octanol–water partition coefficient (Wildman–Crippen LogP) is 7.45. The molecule has 29 heavy (non-hydrogen) atoms. The summed E-state index contributed by atoms with van der Waals surface area (Å²) in [6, 6.07) is 21.5. The molecular formula is C27H28N2. The molecule has 0 aliphatic rings. The Morgan fingerprint density at radius 3 is 1.93 bits per heavy atom. The second-order valence-electron chi connectivity index (χ2n) is 10.0. The van der Waals surface area contributed by atoms with E-state index in [-0.39, 0.29) is 10.8 Å². The molecule has 1 aromatic heterocycles. The number of benzene rings is 3. The third-order valence-corrected chi connectivity index (χ3v) is 5.76. The van der Waals surface area contributed by atoms with Gasteiger partial charge in [0.1, 0.15) is 0 Å². The zero-order chi connectivity index (χ0) is 21.0. The zero-order valence-electron chi connectivity index (χ0n) is 18.1. The van der Waals surface area contributed by atoms with E-state index in [0.29, 0.717) is 5.56 Å². The monoisotopic (exact) mass is 380 g/mol. The smallest absolute Gasteiger partial charge is 0.0991 e. The quantitative estimate of drug-likeness (QED) is 0.366. The van der Waals surface area contributed by atoms with Crippen LogP contribution in [0.2, 0.25) is 0 Å². The standard InChI is InChI=1S/C27H28N2/c1-26(2,3)19-11-12-24-22(13-19)23-15-20(27(4,5)6)14-21(25(23)29-24)18-9-7-17(16-28)8-10-18/h7-15,29H,1-6H3. The molecule has 2 nitrogen and oxygen atoms in total. The first-order chi connectivity index (χ1) is 13.6. The van der Waals surface area contributed by atoms with Crippen LogP contribution in [-0.2, 0) is 10.8 Å². The first-order valence-corrected chi connectivity index (χ1v) is 10.2. The number of hydrogen-bond acceptors (Lipinski definition) is 1. The average Bonchev–Trinajstić information content (AvgIpc) is 3.04. The highest BCUT2D eigenvalue weighted by Gasteiger charge is 2.20. The van der Waals surface area contributed by atoms with Crippen molar-refractivity contribution in [2.45, 2.75) is 52.4 Å². The molecule has 1 N–H and O–H groups in total. The molecule has 0 unspecified atom stereocenters. The highest BCUT2D eigenvalue weighted by Crippen LogP contribution is 2.39. The normalized spacial score (nSPS) is 12.4. The van der Waals surface area contributed by atoms with Crippen molar-refractivity contribution in [1.82, 2.24) is 4.98 Å². The maximum Gasteiger partial charge on any atom is 0.0991 e. The number of hydrogen-bond donors (Lipinski definition) is 1. The largest absolute Gasteiger partial charge is 0.354 e. The minimum absolute atomic E-state index is 0.0424. The van der Waals surface area contributed by atoms with Gasteiger partial charge in [0.15, 0.2) is 0 Å². The van der Waals surface area contributed by atoms with Crippen LogP contribution in [0.15, 0.2) is 54.6 Å². The Kier molecular flexibility index (Phi) is 4.32. The number of rotatable bonds is 1. The van der Waals surface area contributed by atoms with Crippen LogP contribution in [0.4, 0.5) is 0 Å². The van der Waals surface area contributed by atoms with Crippen LogP contribution >= 0.6 is 0 Å². The van der Waals surface area contributed by atoms with Crippen LogP contribution in [-0.4, -0.2) is 4.98 Å². The minimum Gasteiger partial charge on any atom is -0.354 e. The van der Waals surface area contributed by atoms with Gasteiger partial charge in [-0.1, -0.05) is 59.7 Å². The molecule has 0 fully saturated rings. The number of aromatic amines is 1. The second kappa shape index (κ2) is 6.49. The predicted molar refractivity (Wildman–Crippen MR) is 123 cm³/mol. The Labute approximate surface area is 173 Å². The molecule has 0 bridgehead atoms. The minimum atomic E-state index is 0.0424. The summed E-state index contributed by atoms with van der Waals surface area (Å²) in [5, 5.41) is 11.7. The van der Waals surface area contributed by atoms with Crippen molar-refractivity contribution in [3.63, 3.8) is 0 Å². The summed E-state index contributed by atoms with van der Waals surface area (Å²) >= 11 is 0. The van der Waals surface area contributed by atoms with E-state index in [0.717, 1.165) is 16.6 Å². The van der Waals surface area contributed by atoms with Crippen LogP contribution in [0.25, 0.3) is 32.9 Å². The van der Waals surface area contributed by atoms with Gasteiger partial charge in [0.05, 0.1) is 17.1 Å². The molecule has 0 saturated carbocycles. The summed E-state index contributed by atoms with van der Waals surface area (Å²) in [5.74, 6) is 0. The van der Waals surface area contributed by atoms with E-state index in [9.17, 15) is 0 Å². The van der Waals surface area contributed by atoms with E-state index >= 15 is 0 Å². The topological polar surface area (TPSA) is 39.6 Å². The number of nitrogens with one attached hydrogen (secondary N) is 1. The Hall–Kier alpha value is -3.05. The third kappa shape index (κ3) is 3.42. The van der Waals surface area contributed by atoms with Crippen LogP contribution in [0, 0.1) is 11.3 Å². The number of nitriles is 1. The van der Waals surface area contributed by atoms with Gasteiger partial charge in [-0.2, -0.15) is 5.26 Å². The lowest BCUT2D eigenvalue weighted by atomic mass is 9.83. The fraction of sp³-hybridized carbons (Fsp3) is 0.296. The Morgan fingerprint density at radius 1 is 0.724 bits per heavy atom. The summed E-state index contributed by atoms with van der Waals surface area (Å²) in [6.07, 6.45) is 0. The van der Waals surface area contributed by atoms with Gasteiger partial charge in [-0.05, 0) is 63.9 Å². The van der Waals surface area contributed by atoms with E-state index in [1.165, 1.54) is 27.5 Å². The van der Waals surface area contributed by atoms with Gasteiger partial charge in [0.25, 0.3) is 0 Å². The van der Waals surface area contributed by atoms with Crippen molar-refractivity contribution >= 4 is 21.8 Å². The van der Waals surface area contributed by atoms with Gasteiger partial charge in [0.2, 0.25) is 0 Å². The molecule has 0 spiro atoms. The molecular weight excluding hydrogens is 352 g/mol.